The quantitative estimate of drug-likeness (QED) is 0.861. The summed E-state index contributed by atoms with van der Waals surface area (Å²) in [6.45, 7) is 12.4. The van der Waals surface area contributed by atoms with Crippen LogP contribution in [0.25, 0.3) is 0 Å². The predicted molar refractivity (Wildman–Crippen MR) is 71.5 cm³/mol. The van der Waals surface area contributed by atoms with E-state index in [-0.39, 0.29) is 0 Å². The third kappa shape index (κ3) is 2.10. The van der Waals surface area contributed by atoms with Crippen molar-refractivity contribution in [2.75, 3.05) is 11.9 Å². The molecule has 1 unspecified atom stereocenters. The van der Waals surface area contributed by atoms with E-state index in [9.17, 15) is 0 Å². The van der Waals surface area contributed by atoms with Gasteiger partial charge in [-0.2, -0.15) is 0 Å². The van der Waals surface area contributed by atoms with Gasteiger partial charge >= 0.3 is 0 Å². The third-order valence-electron chi connectivity index (χ3n) is 3.21. The lowest BCUT2D eigenvalue weighted by Gasteiger charge is -2.17. The van der Waals surface area contributed by atoms with Crippen LogP contribution in [0.4, 0.5) is 5.13 Å². The fourth-order valence-electron chi connectivity index (χ4n) is 2.47. The molecular weight excluding hydrogens is 216 g/mol. The van der Waals surface area contributed by atoms with Gasteiger partial charge in [0.05, 0.1) is 5.69 Å². The van der Waals surface area contributed by atoms with Crippen LogP contribution in [0.2, 0.25) is 0 Å². The molecule has 1 aromatic rings. The molecule has 90 valence electrons. The van der Waals surface area contributed by atoms with E-state index in [0.29, 0.717) is 17.3 Å². The van der Waals surface area contributed by atoms with Gasteiger partial charge in [-0.25, -0.2) is 4.98 Å². The molecule has 0 saturated carbocycles. The van der Waals surface area contributed by atoms with Crippen LogP contribution in [0, 0.1) is 5.92 Å². The van der Waals surface area contributed by atoms with Crippen molar-refractivity contribution in [2.45, 2.75) is 52.4 Å². The Labute approximate surface area is 102 Å². The Morgan fingerprint density at radius 3 is 2.75 bits per heavy atom. The van der Waals surface area contributed by atoms with Crippen LogP contribution in [-0.2, 0) is 5.41 Å². The van der Waals surface area contributed by atoms with E-state index in [1.54, 1.807) is 0 Å². The van der Waals surface area contributed by atoms with E-state index in [0.717, 1.165) is 11.7 Å². The maximum absolute atomic E-state index is 4.75. The topological polar surface area (TPSA) is 24.9 Å². The van der Waals surface area contributed by atoms with Crippen LogP contribution in [0.1, 0.15) is 57.5 Å². The number of nitrogens with one attached hydrogen (secondary N) is 1. The summed E-state index contributed by atoms with van der Waals surface area (Å²) in [5, 5.41) is 4.55. The summed E-state index contributed by atoms with van der Waals surface area (Å²) >= 11 is 1.85. The first-order valence-electron chi connectivity index (χ1n) is 6.15. The van der Waals surface area contributed by atoms with Crippen molar-refractivity contribution in [1.29, 1.82) is 0 Å². The number of nitrogens with zero attached hydrogens (tertiary/aromatic N) is 1. The Balaban J connectivity index is 2.18. The molecule has 1 N–H and O–H groups in total. The van der Waals surface area contributed by atoms with Gasteiger partial charge in [-0.05, 0) is 12.3 Å². The molecule has 0 bridgehead atoms. The standard InChI is InChI=1S/C13H22N2S/c1-8(2)7-14-12-15-10-9(3)6-13(4,5)11(10)16-12/h8-9H,6-7H2,1-5H3,(H,14,15). The second-order valence-electron chi connectivity index (χ2n) is 6.00. The molecule has 0 radical (unpaired) electrons. The van der Waals surface area contributed by atoms with E-state index >= 15 is 0 Å². The molecule has 1 aliphatic carbocycles. The molecule has 1 aromatic heterocycles. The summed E-state index contributed by atoms with van der Waals surface area (Å²) < 4.78 is 0. The number of aromatic nitrogens is 1. The first-order valence-corrected chi connectivity index (χ1v) is 6.97. The first kappa shape index (κ1) is 11.9. The second kappa shape index (κ2) is 4.02. The number of hydrogen-bond donors (Lipinski definition) is 1. The van der Waals surface area contributed by atoms with Crippen LogP contribution in [0.3, 0.4) is 0 Å². The lowest BCUT2D eigenvalue weighted by Crippen LogP contribution is -2.11. The molecule has 0 saturated heterocycles. The number of fused-ring (bicyclic) bond motifs is 1. The van der Waals surface area contributed by atoms with Crippen molar-refractivity contribution in [3.63, 3.8) is 0 Å². The molecule has 0 aromatic carbocycles. The van der Waals surface area contributed by atoms with Gasteiger partial charge in [0.2, 0.25) is 0 Å². The fourth-order valence-corrected chi connectivity index (χ4v) is 3.68. The molecule has 2 rings (SSSR count). The van der Waals surface area contributed by atoms with Gasteiger partial charge in [-0.15, -0.1) is 11.3 Å². The van der Waals surface area contributed by atoms with Crippen LogP contribution in [-0.4, -0.2) is 11.5 Å². The van der Waals surface area contributed by atoms with Crippen LogP contribution in [0.5, 0.6) is 0 Å². The maximum Gasteiger partial charge on any atom is 0.183 e. The van der Waals surface area contributed by atoms with Gasteiger partial charge in [0.15, 0.2) is 5.13 Å². The molecule has 1 atom stereocenters. The molecule has 0 spiro atoms. The molecule has 0 fully saturated rings. The average Bonchev–Trinajstić information content (AvgIpc) is 2.65. The van der Waals surface area contributed by atoms with Gasteiger partial charge < -0.3 is 5.32 Å². The largest absolute Gasteiger partial charge is 0.361 e. The number of thiazole rings is 1. The minimum absolute atomic E-state index is 0.324. The zero-order valence-corrected chi connectivity index (χ0v) is 11.7. The van der Waals surface area contributed by atoms with Crippen molar-refractivity contribution >= 4 is 16.5 Å². The lowest BCUT2D eigenvalue weighted by molar-refractivity contribution is 0.493. The predicted octanol–water partition coefficient (Wildman–Crippen LogP) is 4.00. The van der Waals surface area contributed by atoms with Crippen LogP contribution < -0.4 is 5.32 Å². The van der Waals surface area contributed by atoms with Gasteiger partial charge in [-0.1, -0.05) is 34.6 Å². The highest BCUT2D eigenvalue weighted by atomic mass is 32.1. The molecule has 0 aliphatic heterocycles. The van der Waals surface area contributed by atoms with Crippen LogP contribution >= 0.6 is 11.3 Å². The zero-order valence-electron chi connectivity index (χ0n) is 10.9. The van der Waals surface area contributed by atoms with E-state index in [1.165, 1.54) is 17.0 Å². The monoisotopic (exact) mass is 238 g/mol. The minimum Gasteiger partial charge on any atom is -0.361 e. The average molecular weight is 238 g/mol. The summed E-state index contributed by atoms with van der Waals surface area (Å²) in [6.07, 6.45) is 1.24. The van der Waals surface area contributed by atoms with Gasteiger partial charge in [0.1, 0.15) is 0 Å². The summed E-state index contributed by atoms with van der Waals surface area (Å²) in [5.41, 5.74) is 1.66. The summed E-state index contributed by atoms with van der Waals surface area (Å²) in [4.78, 5) is 6.24. The summed E-state index contributed by atoms with van der Waals surface area (Å²) in [5.74, 6) is 1.29. The van der Waals surface area contributed by atoms with Gasteiger partial charge in [0, 0.05) is 22.8 Å². The number of anilines is 1. The molecule has 0 amide bonds. The van der Waals surface area contributed by atoms with E-state index < -0.39 is 0 Å². The van der Waals surface area contributed by atoms with Gasteiger partial charge in [0.25, 0.3) is 0 Å². The Morgan fingerprint density at radius 2 is 2.19 bits per heavy atom. The third-order valence-corrected chi connectivity index (χ3v) is 4.61. The molecule has 2 nitrogen and oxygen atoms in total. The normalized spacial score (nSPS) is 22.5. The Bertz CT molecular complexity index is 379. The first-order chi connectivity index (χ1) is 7.40. The number of hydrogen-bond acceptors (Lipinski definition) is 3. The molecule has 3 heteroatoms. The van der Waals surface area contributed by atoms with Crippen molar-refractivity contribution in [1.82, 2.24) is 4.98 Å². The summed E-state index contributed by atoms with van der Waals surface area (Å²) in [7, 11) is 0. The van der Waals surface area contributed by atoms with Crippen molar-refractivity contribution < 1.29 is 0 Å². The smallest absolute Gasteiger partial charge is 0.183 e. The highest BCUT2D eigenvalue weighted by Gasteiger charge is 2.38. The second-order valence-corrected chi connectivity index (χ2v) is 7.00. The molecule has 1 heterocycles. The molecule has 1 aliphatic rings. The zero-order chi connectivity index (χ0) is 11.9. The molecule has 16 heavy (non-hydrogen) atoms. The minimum atomic E-state index is 0.324. The van der Waals surface area contributed by atoms with E-state index in [1.807, 2.05) is 11.3 Å². The van der Waals surface area contributed by atoms with Crippen molar-refractivity contribution in [3.8, 4) is 0 Å². The highest BCUT2D eigenvalue weighted by Crippen LogP contribution is 2.49. The Kier molecular flexibility index (Phi) is 2.99. The van der Waals surface area contributed by atoms with Crippen LogP contribution in [0.15, 0.2) is 0 Å². The fraction of sp³-hybridized carbons (Fsp3) is 0.769. The lowest BCUT2D eigenvalue weighted by atomic mass is 9.91. The van der Waals surface area contributed by atoms with Crippen molar-refractivity contribution in [2.24, 2.45) is 5.92 Å². The Hall–Kier alpha value is -0.570. The SMILES string of the molecule is CC(C)CNc1nc2c(s1)C(C)(C)CC2C. The van der Waals surface area contributed by atoms with Crippen molar-refractivity contribution in [3.05, 3.63) is 10.6 Å². The van der Waals surface area contributed by atoms with E-state index in [2.05, 4.69) is 39.9 Å². The number of rotatable bonds is 3. The van der Waals surface area contributed by atoms with Gasteiger partial charge in [-0.3, -0.25) is 0 Å². The van der Waals surface area contributed by atoms with E-state index in [4.69, 9.17) is 4.98 Å². The maximum atomic E-state index is 4.75. The Morgan fingerprint density at radius 1 is 1.50 bits per heavy atom. The highest BCUT2D eigenvalue weighted by molar-refractivity contribution is 7.15. The summed E-state index contributed by atoms with van der Waals surface area (Å²) in [6, 6.07) is 0. The molecular formula is C13H22N2S.